The summed E-state index contributed by atoms with van der Waals surface area (Å²) in [4.78, 5) is 34.5. The highest BCUT2D eigenvalue weighted by molar-refractivity contribution is 5.74. The van der Waals surface area contributed by atoms with Crippen LogP contribution in [-0.2, 0) is 38.1 Å². The van der Waals surface area contributed by atoms with Crippen molar-refractivity contribution >= 4 is 17.9 Å². The molecule has 0 saturated carbocycles. The van der Waals surface area contributed by atoms with Crippen molar-refractivity contribution in [2.45, 2.75) is 92.4 Å². The van der Waals surface area contributed by atoms with E-state index in [1.54, 1.807) is 0 Å². The monoisotopic (exact) mass is 530 g/mol. The van der Waals surface area contributed by atoms with Crippen LogP contribution in [0.3, 0.4) is 0 Å². The van der Waals surface area contributed by atoms with Gasteiger partial charge in [-0.3, -0.25) is 0 Å². The third kappa shape index (κ3) is 5.59. The standard InChI is InChI=1S/C18H26O18/c19-2-1-3(13(25)26)32-17(4(2)20)34-10-6(22)8(24)18(36-12(10)15(29)30)35-9-5(21)7(23)16(31)33-11(9)14(27)28/h2-12,16-24,31H,1H2,(H,25,26)(H,27,28)(H,29,30)/t2-,3-,4-,5+,6+,7-,8-,9-,10-,11-,12-,16+,17-,18+/m0/s1. The van der Waals surface area contributed by atoms with Crippen molar-refractivity contribution in [3.63, 3.8) is 0 Å². The van der Waals surface area contributed by atoms with Crippen LogP contribution >= 0.6 is 0 Å². The molecule has 18 heteroatoms. The Morgan fingerprint density at radius 2 is 1.06 bits per heavy atom. The summed E-state index contributed by atoms with van der Waals surface area (Å²) in [5, 5.41) is 98.3. The molecular weight excluding hydrogens is 504 g/mol. The van der Waals surface area contributed by atoms with E-state index in [1.807, 2.05) is 0 Å². The van der Waals surface area contributed by atoms with Gasteiger partial charge in [0.1, 0.15) is 42.7 Å². The Hall–Kier alpha value is -2.07. The molecule has 14 atom stereocenters. The van der Waals surface area contributed by atoms with E-state index in [-0.39, 0.29) is 0 Å². The van der Waals surface area contributed by atoms with Crippen LogP contribution in [0.25, 0.3) is 0 Å². The van der Waals surface area contributed by atoms with Gasteiger partial charge in [0.25, 0.3) is 0 Å². The maximum Gasteiger partial charge on any atom is 0.335 e. The zero-order valence-corrected chi connectivity index (χ0v) is 18.0. The van der Waals surface area contributed by atoms with Gasteiger partial charge in [0.15, 0.2) is 37.2 Å². The maximum atomic E-state index is 11.8. The second-order valence-electron chi connectivity index (χ2n) is 8.34. The number of hydrogen-bond acceptors (Lipinski definition) is 15. The lowest BCUT2D eigenvalue weighted by molar-refractivity contribution is -0.364. The number of ether oxygens (including phenoxy) is 5. The Kier molecular flexibility index (Phi) is 8.81. The number of rotatable bonds is 7. The summed E-state index contributed by atoms with van der Waals surface area (Å²) in [6, 6.07) is 0. The Morgan fingerprint density at radius 3 is 1.56 bits per heavy atom. The lowest BCUT2D eigenvalue weighted by Gasteiger charge is -2.46. The van der Waals surface area contributed by atoms with Crippen molar-refractivity contribution in [2.24, 2.45) is 0 Å². The van der Waals surface area contributed by atoms with Gasteiger partial charge in [-0.2, -0.15) is 0 Å². The fourth-order valence-corrected chi connectivity index (χ4v) is 3.92. The van der Waals surface area contributed by atoms with Gasteiger partial charge in [0, 0.05) is 6.42 Å². The first-order chi connectivity index (χ1) is 16.7. The number of hydrogen-bond donors (Lipinski definition) is 10. The Morgan fingerprint density at radius 1 is 0.583 bits per heavy atom. The Bertz CT molecular complexity index is 822. The highest BCUT2D eigenvalue weighted by Gasteiger charge is 2.55. The van der Waals surface area contributed by atoms with E-state index in [9.17, 15) is 60.3 Å². The first kappa shape index (κ1) is 28.5. The first-order valence-corrected chi connectivity index (χ1v) is 10.5. The molecule has 3 saturated heterocycles. The smallest absolute Gasteiger partial charge is 0.335 e. The average Bonchev–Trinajstić information content (AvgIpc) is 2.80. The summed E-state index contributed by atoms with van der Waals surface area (Å²) in [5.74, 6) is -5.14. The number of aliphatic hydroxyl groups is 7. The van der Waals surface area contributed by atoms with Crippen molar-refractivity contribution in [3.05, 3.63) is 0 Å². The Balaban J connectivity index is 1.80. The summed E-state index contributed by atoms with van der Waals surface area (Å²) in [6.45, 7) is 0. The van der Waals surface area contributed by atoms with E-state index in [1.165, 1.54) is 0 Å². The average molecular weight is 530 g/mol. The summed E-state index contributed by atoms with van der Waals surface area (Å²) in [5.41, 5.74) is 0. The largest absolute Gasteiger partial charge is 0.479 e. The van der Waals surface area contributed by atoms with E-state index in [4.69, 9.17) is 24.1 Å². The predicted molar refractivity (Wildman–Crippen MR) is 102 cm³/mol. The third-order valence-corrected chi connectivity index (χ3v) is 5.88. The molecule has 0 aliphatic carbocycles. The molecular formula is C18H26O18. The predicted octanol–water partition coefficient (Wildman–Crippen LogP) is -6.27. The van der Waals surface area contributed by atoms with Gasteiger partial charge in [0.05, 0.1) is 6.10 Å². The van der Waals surface area contributed by atoms with Crippen molar-refractivity contribution in [1.82, 2.24) is 0 Å². The van der Waals surface area contributed by atoms with E-state index in [0.29, 0.717) is 0 Å². The molecule has 0 bridgehead atoms. The fraction of sp³-hybridized carbons (Fsp3) is 0.833. The Labute approximate surface area is 200 Å². The number of aliphatic carboxylic acids is 3. The molecule has 0 amide bonds. The molecule has 0 aromatic heterocycles. The van der Waals surface area contributed by atoms with Crippen LogP contribution in [0.2, 0.25) is 0 Å². The quantitative estimate of drug-likeness (QED) is 0.146. The first-order valence-electron chi connectivity index (χ1n) is 10.5. The lowest BCUT2D eigenvalue weighted by Crippen LogP contribution is -2.66. The molecule has 0 spiro atoms. The summed E-state index contributed by atoms with van der Waals surface area (Å²) >= 11 is 0. The second kappa shape index (κ2) is 11.1. The molecule has 3 heterocycles. The zero-order chi connectivity index (χ0) is 27.1. The number of carboxylic acid groups (broad SMARTS) is 3. The van der Waals surface area contributed by atoms with Crippen molar-refractivity contribution < 1.29 is 89.1 Å². The van der Waals surface area contributed by atoms with Crippen molar-refractivity contribution in [1.29, 1.82) is 0 Å². The van der Waals surface area contributed by atoms with Crippen molar-refractivity contribution in [2.75, 3.05) is 0 Å². The zero-order valence-electron chi connectivity index (χ0n) is 18.0. The maximum absolute atomic E-state index is 11.8. The van der Waals surface area contributed by atoms with Crippen LogP contribution in [0.5, 0.6) is 0 Å². The molecule has 0 radical (unpaired) electrons. The van der Waals surface area contributed by atoms with E-state index >= 15 is 0 Å². The SMILES string of the molecule is O=C(O)[C@@H]1C[C@H](O)[C@H](O)[C@H](O[C@H]2[C@H](O)[C@H](O)[C@H](O[C@H]3[C@H](O)[C@H](O)[C@H](O)O[C@@H]3C(=O)O)O[C@@H]2C(=O)O)O1. The van der Waals surface area contributed by atoms with Crippen LogP contribution in [-0.4, -0.2) is 155 Å². The molecule has 3 aliphatic rings. The highest BCUT2D eigenvalue weighted by Crippen LogP contribution is 2.32. The van der Waals surface area contributed by atoms with E-state index in [0.717, 1.165) is 0 Å². The molecule has 3 aliphatic heterocycles. The van der Waals surface area contributed by atoms with Gasteiger partial charge in [0.2, 0.25) is 0 Å². The summed E-state index contributed by atoms with van der Waals surface area (Å²) in [7, 11) is 0. The molecule has 3 fully saturated rings. The number of aliphatic hydroxyl groups excluding tert-OH is 7. The third-order valence-electron chi connectivity index (χ3n) is 5.88. The topological polar surface area (TPSA) is 300 Å². The lowest BCUT2D eigenvalue weighted by atomic mass is 9.96. The minimum absolute atomic E-state index is 0.530. The van der Waals surface area contributed by atoms with Gasteiger partial charge >= 0.3 is 17.9 Å². The molecule has 0 aromatic rings. The van der Waals surface area contributed by atoms with Gasteiger partial charge in [-0.05, 0) is 0 Å². The minimum atomic E-state index is -2.22. The fourth-order valence-electron chi connectivity index (χ4n) is 3.92. The highest BCUT2D eigenvalue weighted by atomic mass is 16.8. The summed E-state index contributed by atoms with van der Waals surface area (Å²) in [6.07, 6.45) is -29.1. The molecule has 0 aromatic carbocycles. The van der Waals surface area contributed by atoms with Gasteiger partial charge < -0.3 is 74.7 Å². The van der Waals surface area contributed by atoms with Crippen LogP contribution in [0.4, 0.5) is 0 Å². The molecule has 206 valence electrons. The van der Waals surface area contributed by atoms with Crippen LogP contribution in [0, 0.1) is 0 Å². The normalized spacial score (nSPS) is 47.8. The molecule has 18 nitrogen and oxygen atoms in total. The van der Waals surface area contributed by atoms with Crippen LogP contribution in [0.15, 0.2) is 0 Å². The van der Waals surface area contributed by atoms with Gasteiger partial charge in [-0.25, -0.2) is 14.4 Å². The number of carbonyl (C=O) groups is 3. The minimum Gasteiger partial charge on any atom is -0.479 e. The van der Waals surface area contributed by atoms with Gasteiger partial charge in [-0.1, -0.05) is 0 Å². The van der Waals surface area contributed by atoms with E-state index < -0.39 is 110 Å². The second-order valence-corrected chi connectivity index (χ2v) is 8.34. The van der Waals surface area contributed by atoms with Gasteiger partial charge in [-0.15, -0.1) is 0 Å². The molecule has 10 N–H and O–H groups in total. The van der Waals surface area contributed by atoms with E-state index in [2.05, 4.69) is 4.74 Å². The van der Waals surface area contributed by atoms with Crippen molar-refractivity contribution in [3.8, 4) is 0 Å². The number of carboxylic acids is 3. The molecule has 36 heavy (non-hydrogen) atoms. The molecule has 3 rings (SSSR count). The van der Waals surface area contributed by atoms with Crippen LogP contribution in [0.1, 0.15) is 6.42 Å². The summed E-state index contributed by atoms with van der Waals surface area (Å²) < 4.78 is 25.1. The van der Waals surface area contributed by atoms with Crippen LogP contribution < -0.4 is 0 Å². The molecule has 0 unspecified atom stereocenters.